The Morgan fingerprint density at radius 2 is 1.57 bits per heavy atom. The highest BCUT2D eigenvalue weighted by Gasteiger charge is 2.30. The standard InChI is InChI=1S/C23H30N2O4S/c1-18-7-10-21(11-8-18)29-16-4-5-23(26)24-12-14-25(15-13-24)30(27,28)22-17-19(2)6-9-20(22)3/h6-11,17H,4-5,12-16H2,1-3H3. The van der Waals surface area contributed by atoms with Crippen LogP contribution in [0.15, 0.2) is 47.4 Å². The molecule has 0 bridgehead atoms. The Morgan fingerprint density at radius 1 is 0.933 bits per heavy atom. The first-order valence-corrected chi connectivity index (χ1v) is 11.8. The van der Waals surface area contributed by atoms with Gasteiger partial charge >= 0.3 is 0 Å². The summed E-state index contributed by atoms with van der Waals surface area (Å²) >= 11 is 0. The summed E-state index contributed by atoms with van der Waals surface area (Å²) in [6.45, 7) is 7.68. The fraction of sp³-hybridized carbons (Fsp3) is 0.435. The van der Waals surface area contributed by atoms with Crippen molar-refractivity contribution in [1.82, 2.24) is 9.21 Å². The molecule has 162 valence electrons. The van der Waals surface area contributed by atoms with Crippen LogP contribution in [-0.2, 0) is 14.8 Å². The number of carbonyl (C=O) groups excluding carboxylic acids is 1. The molecule has 1 fully saturated rings. The van der Waals surface area contributed by atoms with Gasteiger partial charge < -0.3 is 9.64 Å². The molecule has 7 heteroatoms. The van der Waals surface area contributed by atoms with Crippen molar-refractivity contribution >= 4 is 15.9 Å². The number of hydrogen-bond donors (Lipinski definition) is 0. The number of piperazine rings is 1. The lowest BCUT2D eigenvalue weighted by Gasteiger charge is -2.34. The molecule has 3 rings (SSSR count). The van der Waals surface area contributed by atoms with Gasteiger partial charge in [0.2, 0.25) is 15.9 Å². The van der Waals surface area contributed by atoms with E-state index in [2.05, 4.69) is 0 Å². The van der Waals surface area contributed by atoms with E-state index in [0.717, 1.165) is 16.9 Å². The number of amides is 1. The van der Waals surface area contributed by atoms with E-state index >= 15 is 0 Å². The molecule has 1 heterocycles. The van der Waals surface area contributed by atoms with Crippen LogP contribution in [0.1, 0.15) is 29.5 Å². The van der Waals surface area contributed by atoms with E-state index < -0.39 is 10.0 Å². The molecule has 1 saturated heterocycles. The molecule has 2 aromatic rings. The minimum atomic E-state index is -3.54. The molecule has 2 aromatic carbocycles. The molecule has 0 unspecified atom stereocenters. The fourth-order valence-electron chi connectivity index (χ4n) is 3.51. The molecule has 0 radical (unpaired) electrons. The highest BCUT2D eigenvalue weighted by Crippen LogP contribution is 2.22. The monoisotopic (exact) mass is 430 g/mol. The van der Waals surface area contributed by atoms with Gasteiger partial charge in [0.1, 0.15) is 5.75 Å². The minimum Gasteiger partial charge on any atom is -0.494 e. The van der Waals surface area contributed by atoms with Gasteiger partial charge in [-0.3, -0.25) is 4.79 Å². The lowest BCUT2D eigenvalue weighted by Crippen LogP contribution is -2.50. The second kappa shape index (κ2) is 9.62. The number of nitrogens with zero attached hydrogens (tertiary/aromatic N) is 2. The van der Waals surface area contributed by atoms with Gasteiger partial charge in [0.15, 0.2) is 0 Å². The Balaban J connectivity index is 1.47. The summed E-state index contributed by atoms with van der Waals surface area (Å²) < 4.78 is 33.2. The quantitative estimate of drug-likeness (QED) is 0.632. The third-order valence-electron chi connectivity index (χ3n) is 5.38. The van der Waals surface area contributed by atoms with Crippen molar-refractivity contribution in [2.75, 3.05) is 32.8 Å². The van der Waals surface area contributed by atoms with E-state index in [-0.39, 0.29) is 5.91 Å². The molecule has 0 atom stereocenters. The molecule has 0 aliphatic carbocycles. The van der Waals surface area contributed by atoms with Gasteiger partial charge in [-0.25, -0.2) is 8.42 Å². The van der Waals surface area contributed by atoms with Crippen molar-refractivity contribution in [2.24, 2.45) is 0 Å². The normalized spacial score (nSPS) is 15.2. The molecule has 1 amide bonds. The van der Waals surface area contributed by atoms with Crippen molar-refractivity contribution < 1.29 is 17.9 Å². The Labute approximate surface area is 179 Å². The second-order valence-electron chi connectivity index (χ2n) is 7.82. The molecule has 0 spiro atoms. The summed E-state index contributed by atoms with van der Waals surface area (Å²) in [6.07, 6.45) is 1.03. The van der Waals surface area contributed by atoms with Crippen molar-refractivity contribution in [3.8, 4) is 5.75 Å². The Kier molecular flexibility index (Phi) is 7.15. The third-order valence-corrected chi connectivity index (χ3v) is 7.42. The largest absolute Gasteiger partial charge is 0.494 e. The second-order valence-corrected chi connectivity index (χ2v) is 9.73. The highest BCUT2D eigenvalue weighted by atomic mass is 32.2. The summed E-state index contributed by atoms with van der Waals surface area (Å²) in [7, 11) is -3.54. The maximum Gasteiger partial charge on any atom is 0.243 e. The predicted octanol–water partition coefficient (Wildman–Crippen LogP) is 3.30. The van der Waals surface area contributed by atoms with Crippen molar-refractivity contribution in [2.45, 2.75) is 38.5 Å². The maximum absolute atomic E-state index is 13.0. The Bertz CT molecular complexity index is 979. The first-order valence-electron chi connectivity index (χ1n) is 10.3. The topological polar surface area (TPSA) is 66.9 Å². The number of rotatable bonds is 7. The maximum atomic E-state index is 13.0. The Morgan fingerprint density at radius 3 is 2.23 bits per heavy atom. The number of hydrogen-bond acceptors (Lipinski definition) is 4. The summed E-state index contributed by atoms with van der Waals surface area (Å²) in [5, 5.41) is 0. The number of carbonyl (C=O) groups is 1. The van der Waals surface area contributed by atoms with Crippen LogP contribution in [0.5, 0.6) is 5.75 Å². The van der Waals surface area contributed by atoms with Crippen LogP contribution in [0.4, 0.5) is 0 Å². The van der Waals surface area contributed by atoms with E-state index in [1.54, 1.807) is 11.0 Å². The van der Waals surface area contributed by atoms with E-state index in [1.807, 2.05) is 57.2 Å². The van der Waals surface area contributed by atoms with Crippen LogP contribution in [-0.4, -0.2) is 56.3 Å². The summed E-state index contributed by atoms with van der Waals surface area (Å²) in [5.41, 5.74) is 2.84. The lowest BCUT2D eigenvalue weighted by molar-refractivity contribution is -0.132. The van der Waals surface area contributed by atoms with E-state index in [1.165, 1.54) is 9.87 Å². The van der Waals surface area contributed by atoms with Gasteiger partial charge in [-0.2, -0.15) is 4.31 Å². The van der Waals surface area contributed by atoms with Crippen LogP contribution in [0.2, 0.25) is 0 Å². The third kappa shape index (κ3) is 5.40. The van der Waals surface area contributed by atoms with Gasteiger partial charge in [-0.05, 0) is 56.5 Å². The summed E-state index contributed by atoms with van der Waals surface area (Å²) in [5.74, 6) is 0.851. The lowest BCUT2D eigenvalue weighted by atomic mass is 10.2. The molecule has 30 heavy (non-hydrogen) atoms. The van der Waals surface area contributed by atoms with Crippen LogP contribution >= 0.6 is 0 Å². The van der Waals surface area contributed by atoms with Crippen molar-refractivity contribution in [1.29, 1.82) is 0 Å². The number of benzene rings is 2. The zero-order chi connectivity index (χ0) is 21.7. The predicted molar refractivity (Wildman–Crippen MR) is 117 cm³/mol. The van der Waals surface area contributed by atoms with Gasteiger partial charge in [0.05, 0.1) is 11.5 Å². The summed E-state index contributed by atoms with van der Waals surface area (Å²) in [6, 6.07) is 13.3. The van der Waals surface area contributed by atoms with Crippen LogP contribution in [0, 0.1) is 20.8 Å². The minimum absolute atomic E-state index is 0.0475. The summed E-state index contributed by atoms with van der Waals surface area (Å²) in [4.78, 5) is 14.6. The Hall–Kier alpha value is -2.38. The molecule has 1 aliphatic rings. The molecule has 0 aromatic heterocycles. The number of aryl methyl sites for hydroxylation is 3. The molecule has 0 saturated carbocycles. The average molecular weight is 431 g/mol. The number of sulfonamides is 1. The van der Waals surface area contributed by atoms with Gasteiger partial charge in [0.25, 0.3) is 0 Å². The SMILES string of the molecule is Cc1ccc(OCCCC(=O)N2CCN(S(=O)(=O)c3cc(C)ccc3C)CC2)cc1. The smallest absolute Gasteiger partial charge is 0.243 e. The first kappa shape index (κ1) is 22.3. The zero-order valence-electron chi connectivity index (χ0n) is 17.9. The van der Waals surface area contributed by atoms with Gasteiger partial charge in [-0.1, -0.05) is 29.8 Å². The van der Waals surface area contributed by atoms with Crippen molar-refractivity contribution in [3.05, 3.63) is 59.2 Å². The molecular weight excluding hydrogens is 400 g/mol. The zero-order valence-corrected chi connectivity index (χ0v) is 18.7. The van der Waals surface area contributed by atoms with E-state index in [4.69, 9.17) is 4.74 Å². The van der Waals surface area contributed by atoms with Crippen LogP contribution in [0.25, 0.3) is 0 Å². The highest BCUT2D eigenvalue weighted by molar-refractivity contribution is 7.89. The van der Waals surface area contributed by atoms with Gasteiger partial charge in [-0.15, -0.1) is 0 Å². The molecule has 1 aliphatic heterocycles. The van der Waals surface area contributed by atoms with Crippen molar-refractivity contribution in [3.63, 3.8) is 0 Å². The first-order chi connectivity index (χ1) is 14.3. The van der Waals surface area contributed by atoms with E-state index in [9.17, 15) is 13.2 Å². The average Bonchev–Trinajstić information content (AvgIpc) is 2.74. The molecule has 6 nitrogen and oxygen atoms in total. The van der Waals surface area contributed by atoms with Crippen LogP contribution < -0.4 is 4.74 Å². The molecular formula is C23H30N2O4S. The van der Waals surface area contributed by atoms with Gasteiger partial charge in [0, 0.05) is 32.6 Å². The van der Waals surface area contributed by atoms with E-state index in [0.29, 0.717) is 50.5 Å². The molecule has 0 N–H and O–H groups in total. The van der Waals surface area contributed by atoms with Crippen LogP contribution in [0.3, 0.4) is 0 Å². The fourth-order valence-corrected chi connectivity index (χ4v) is 5.24. The number of ether oxygens (including phenoxy) is 1.